The Balaban J connectivity index is 3.92. The van der Waals surface area contributed by atoms with Gasteiger partial charge in [0.1, 0.15) is 0 Å². The molecule has 48 valence electrons. The van der Waals surface area contributed by atoms with E-state index in [1.54, 1.807) is 0 Å². The second kappa shape index (κ2) is 2.71. The van der Waals surface area contributed by atoms with Crippen molar-refractivity contribution in [3.05, 3.63) is 11.7 Å². The first-order chi connectivity index (χ1) is 3.56. The molecule has 3 nitrogen and oxygen atoms in total. The maximum atomic E-state index is 10.2. The van der Waals surface area contributed by atoms with E-state index in [-0.39, 0.29) is 0 Å². The highest BCUT2D eigenvalue weighted by atomic mass is 32.2. The molecular weight excluding hydrogens is 128 g/mol. The molecule has 0 aliphatic heterocycles. The second-order valence-corrected chi connectivity index (χ2v) is 3.27. The van der Waals surface area contributed by atoms with Gasteiger partial charge >= 0.3 is 0 Å². The van der Waals surface area contributed by atoms with Gasteiger partial charge in [0.25, 0.3) is 0 Å². The van der Waals surface area contributed by atoms with E-state index in [4.69, 9.17) is 0 Å². The zero-order valence-electron chi connectivity index (χ0n) is 4.79. The summed E-state index contributed by atoms with van der Waals surface area (Å²) in [4.78, 5) is 0. The van der Waals surface area contributed by atoms with Crippen molar-refractivity contribution in [1.29, 1.82) is 0 Å². The summed E-state index contributed by atoms with van der Waals surface area (Å²) >= 11 is 0. The number of hydrogen-bond acceptors (Lipinski definition) is 3. The van der Waals surface area contributed by atoms with Gasteiger partial charge in [-0.15, -0.1) is 0 Å². The van der Waals surface area contributed by atoms with Crippen LogP contribution in [0.15, 0.2) is 11.7 Å². The number of hydrogen-bond donors (Lipinski definition) is 0. The zero-order valence-corrected chi connectivity index (χ0v) is 5.60. The van der Waals surface area contributed by atoms with E-state index in [0.717, 1.165) is 17.9 Å². The van der Waals surface area contributed by atoms with Crippen LogP contribution in [0.4, 0.5) is 0 Å². The van der Waals surface area contributed by atoms with E-state index in [0.29, 0.717) is 0 Å². The number of rotatable bonds is 2. The van der Waals surface area contributed by atoms with E-state index in [1.807, 2.05) is 0 Å². The Labute approximate surface area is 48.9 Å². The van der Waals surface area contributed by atoms with Crippen LogP contribution in [-0.2, 0) is 14.6 Å². The third-order valence-corrected chi connectivity index (χ3v) is 1.04. The maximum absolute atomic E-state index is 10.2. The Morgan fingerprint density at radius 2 is 2.00 bits per heavy atom. The molecule has 0 aromatic rings. The summed E-state index contributed by atoms with van der Waals surface area (Å²) in [7, 11) is -1.60. The van der Waals surface area contributed by atoms with Crippen molar-refractivity contribution in [3.8, 4) is 0 Å². The number of sulfone groups is 1. The van der Waals surface area contributed by atoms with Crippen molar-refractivity contribution in [2.45, 2.75) is 0 Å². The number of methoxy groups -OCH3 is 1. The first-order valence-electron chi connectivity index (χ1n) is 1.95. The van der Waals surface area contributed by atoms with Crippen LogP contribution in [0, 0.1) is 0 Å². The fourth-order valence-electron chi connectivity index (χ4n) is 0.156. The highest BCUT2D eigenvalue weighted by Crippen LogP contribution is 1.83. The minimum atomic E-state index is -2.99. The molecule has 0 amide bonds. The summed E-state index contributed by atoms with van der Waals surface area (Å²) in [5, 5.41) is 0.993. The van der Waals surface area contributed by atoms with Gasteiger partial charge in [-0.1, -0.05) is 0 Å². The largest absolute Gasteiger partial charge is 0.504 e. The molecule has 0 aromatic heterocycles. The third-order valence-electron chi connectivity index (χ3n) is 0.439. The Hall–Kier alpha value is -0.510. The van der Waals surface area contributed by atoms with Gasteiger partial charge in [-0.2, -0.15) is 0 Å². The van der Waals surface area contributed by atoms with Gasteiger partial charge in [-0.25, -0.2) is 8.42 Å². The second-order valence-electron chi connectivity index (χ2n) is 1.34. The summed E-state index contributed by atoms with van der Waals surface area (Å²) < 4.78 is 24.8. The first-order valence-corrected chi connectivity index (χ1v) is 3.91. The Kier molecular flexibility index (Phi) is 2.54. The molecule has 0 spiro atoms. The Bertz CT molecular complexity index is 166. The predicted octanol–water partition coefficient (Wildman–Crippen LogP) is 0.149. The van der Waals surface area contributed by atoms with Gasteiger partial charge < -0.3 is 4.74 Å². The molecule has 0 saturated heterocycles. The molecule has 0 aliphatic rings. The Morgan fingerprint density at radius 3 is 2.12 bits per heavy atom. The fraction of sp³-hybridized carbons (Fsp3) is 0.500. The molecule has 0 heterocycles. The third kappa shape index (κ3) is 5.49. The molecule has 0 aromatic carbocycles. The topological polar surface area (TPSA) is 43.4 Å². The lowest BCUT2D eigenvalue weighted by molar-refractivity contribution is 0.338. The molecule has 8 heavy (non-hydrogen) atoms. The molecule has 4 heteroatoms. The molecule has 0 saturated carbocycles. The molecule has 0 aliphatic carbocycles. The van der Waals surface area contributed by atoms with E-state index in [1.165, 1.54) is 7.11 Å². The van der Waals surface area contributed by atoms with Crippen molar-refractivity contribution < 1.29 is 13.2 Å². The highest BCUT2D eigenvalue weighted by Gasteiger charge is 1.89. The average Bonchev–Trinajstić information content (AvgIpc) is 1.59. The molecule has 0 rings (SSSR count). The van der Waals surface area contributed by atoms with Crippen LogP contribution < -0.4 is 0 Å². The summed E-state index contributed by atoms with van der Waals surface area (Å²) in [5.41, 5.74) is 0. The molecule has 0 bridgehead atoms. The molecule has 0 N–H and O–H groups in total. The summed E-state index contributed by atoms with van der Waals surface area (Å²) in [6, 6.07) is 0. The van der Waals surface area contributed by atoms with Gasteiger partial charge in [0, 0.05) is 6.26 Å². The van der Waals surface area contributed by atoms with E-state index >= 15 is 0 Å². The molecule has 0 radical (unpaired) electrons. The van der Waals surface area contributed by atoms with Gasteiger partial charge in [-0.3, -0.25) is 0 Å². The van der Waals surface area contributed by atoms with Gasteiger partial charge in [0.15, 0.2) is 9.84 Å². The van der Waals surface area contributed by atoms with Crippen molar-refractivity contribution in [2.75, 3.05) is 13.4 Å². The van der Waals surface area contributed by atoms with Crippen LogP contribution in [0.2, 0.25) is 0 Å². The normalized spacial score (nSPS) is 12.2. The van der Waals surface area contributed by atoms with Crippen molar-refractivity contribution in [3.63, 3.8) is 0 Å². The SMILES string of the molecule is CO/C=C\S(C)(=O)=O. The van der Waals surface area contributed by atoms with Crippen molar-refractivity contribution >= 4 is 9.84 Å². The van der Waals surface area contributed by atoms with E-state index < -0.39 is 9.84 Å². The lowest BCUT2D eigenvalue weighted by Crippen LogP contribution is -1.87. The standard InChI is InChI=1S/C4H8O3S/c1-7-3-4-8(2,5)6/h3-4H,1-2H3/b4-3-. The molecule has 0 unspecified atom stereocenters. The smallest absolute Gasteiger partial charge is 0.171 e. The highest BCUT2D eigenvalue weighted by molar-refractivity contribution is 7.93. The predicted molar refractivity (Wildman–Crippen MR) is 31.0 cm³/mol. The summed E-state index contributed by atoms with van der Waals surface area (Å²) in [5.74, 6) is 0. The zero-order chi connectivity index (χ0) is 6.62. The summed E-state index contributed by atoms with van der Waals surface area (Å²) in [6.45, 7) is 0. The van der Waals surface area contributed by atoms with Crippen LogP contribution in [-0.4, -0.2) is 21.8 Å². The first kappa shape index (κ1) is 7.49. The van der Waals surface area contributed by atoms with Crippen molar-refractivity contribution in [1.82, 2.24) is 0 Å². The average molecular weight is 136 g/mol. The monoisotopic (exact) mass is 136 g/mol. The van der Waals surface area contributed by atoms with Crippen molar-refractivity contribution in [2.24, 2.45) is 0 Å². The van der Waals surface area contributed by atoms with Gasteiger partial charge in [-0.05, 0) is 0 Å². The summed E-state index contributed by atoms with van der Waals surface area (Å²) in [6.07, 6.45) is 2.22. The van der Waals surface area contributed by atoms with E-state index in [9.17, 15) is 8.42 Å². The maximum Gasteiger partial charge on any atom is 0.171 e. The van der Waals surface area contributed by atoms with Crippen LogP contribution in [0.5, 0.6) is 0 Å². The molecule has 0 fully saturated rings. The van der Waals surface area contributed by atoms with Gasteiger partial charge in [0.05, 0.1) is 18.8 Å². The van der Waals surface area contributed by atoms with Gasteiger partial charge in [0.2, 0.25) is 0 Å². The number of ether oxygens (including phenoxy) is 1. The fourth-order valence-corrected chi connectivity index (χ4v) is 0.469. The lowest BCUT2D eigenvalue weighted by Gasteiger charge is -1.83. The quantitative estimate of drug-likeness (QED) is 0.507. The van der Waals surface area contributed by atoms with Crippen LogP contribution >= 0.6 is 0 Å². The molecule has 0 atom stereocenters. The minimum Gasteiger partial charge on any atom is -0.504 e. The Morgan fingerprint density at radius 1 is 1.50 bits per heavy atom. The van der Waals surface area contributed by atoms with Crippen LogP contribution in [0.25, 0.3) is 0 Å². The van der Waals surface area contributed by atoms with Crippen LogP contribution in [0.1, 0.15) is 0 Å². The van der Waals surface area contributed by atoms with Crippen LogP contribution in [0.3, 0.4) is 0 Å². The van der Waals surface area contributed by atoms with E-state index in [2.05, 4.69) is 4.74 Å². The molecular formula is C4H8O3S. The lowest BCUT2D eigenvalue weighted by atomic mass is 11.1. The minimum absolute atomic E-state index is 0.993.